The molecule has 0 saturated carbocycles. The molecular weight excluding hydrogens is 348 g/mol. The van der Waals surface area contributed by atoms with Gasteiger partial charge in [0.15, 0.2) is 0 Å². The Morgan fingerprint density at radius 1 is 1.38 bits per heavy atom. The summed E-state index contributed by atoms with van der Waals surface area (Å²) in [5.74, 6) is 0.437. The van der Waals surface area contributed by atoms with E-state index in [2.05, 4.69) is 0 Å². The number of rotatable bonds is 4. The summed E-state index contributed by atoms with van der Waals surface area (Å²) < 4.78 is 28.6. The fourth-order valence-electron chi connectivity index (χ4n) is 3.01. The molecule has 128 valence electrons. The first kappa shape index (κ1) is 16.9. The van der Waals surface area contributed by atoms with Crippen molar-refractivity contribution in [1.82, 2.24) is 4.90 Å². The molecule has 1 aliphatic rings. The SMILES string of the molecule is COc1cccc(C2CCCN2C(=O)c2sccc2S(N)(=O)=O)c1. The number of hydrogen-bond donors (Lipinski definition) is 1. The first-order valence-electron chi connectivity index (χ1n) is 7.47. The molecule has 8 heteroatoms. The zero-order chi connectivity index (χ0) is 17.3. The van der Waals surface area contributed by atoms with Crippen LogP contribution < -0.4 is 9.88 Å². The van der Waals surface area contributed by atoms with Gasteiger partial charge in [0.05, 0.1) is 13.2 Å². The van der Waals surface area contributed by atoms with E-state index in [0.717, 1.165) is 35.5 Å². The number of thiophene rings is 1. The number of likely N-dealkylation sites (tertiary alicyclic amines) is 1. The van der Waals surface area contributed by atoms with Gasteiger partial charge in [-0.1, -0.05) is 12.1 Å². The molecule has 1 fully saturated rings. The van der Waals surface area contributed by atoms with Gasteiger partial charge < -0.3 is 9.64 Å². The van der Waals surface area contributed by atoms with Crippen LogP contribution in [0.2, 0.25) is 0 Å². The van der Waals surface area contributed by atoms with Crippen LogP contribution in [0.4, 0.5) is 0 Å². The number of hydrogen-bond acceptors (Lipinski definition) is 5. The second-order valence-corrected chi connectivity index (χ2v) is 8.04. The fraction of sp³-hybridized carbons (Fsp3) is 0.312. The molecule has 3 rings (SSSR count). The van der Waals surface area contributed by atoms with E-state index < -0.39 is 10.0 Å². The van der Waals surface area contributed by atoms with E-state index in [0.29, 0.717) is 6.54 Å². The number of carbonyl (C=O) groups is 1. The first-order valence-corrected chi connectivity index (χ1v) is 9.89. The highest BCUT2D eigenvalue weighted by Crippen LogP contribution is 2.36. The van der Waals surface area contributed by atoms with Gasteiger partial charge in [-0.15, -0.1) is 11.3 Å². The highest BCUT2D eigenvalue weighted by molar-refractivity contribution is 7.89. The van der Waals surface area contributed by atoms with Gasteiger partial charge in [-0.25, -0.2) is 13.6 Å². The maximum atomic E-state index is 12.9. The molecule has 2 aromatic rings. The maximum absolute atomic E-state index is 12.9. The minimum Gasteiger partial charge on any atom is -0.497 e. The van der Waals surface area contributed by atoms with Crippen molar-refractivity contribution >= 4 is 27.3 Å². The van der Waals surface area contributed by atoms with Crippen LogP contribution in [0, 0.1) is 0 Å². The summed E-state index contributed by atoms with van der Waals surface area (Å²) in [5, 5.41) is 6.79. The molecule has 0 radical (unpaired) electrons. The van der Waals surface area contributed by atoms with Crippen molar-refractivity contribution in [2.75, 3.05) is 13.7 Å². The Morgan fingerprint density at radius 2 is 2.17 bits per heavy atom. The first-order chi connectivity index (χ1) is 11.4. The van der Waals surface area contributed by atoms with E-state index in [-0.39, 0.29) is 21.7 Å². The number of nitrogens with zero attached hydrogens (tertiary/aromatic N) is 1. The van der Waals surface area contributed by atoms with Gasteiger partial charge in [-0.05, 0) is 42.0 Å². The lowest BCUT2D eigenvalue weighted by atomic mass is 10.0. The van der Waals surface area contributed by atoms with E-state index in [1.165, 1.54) is 6.07 Å². The standard InChI is InChI=1S/C16H18N2O4S2/c1-22-12-5-2-4-11(10-12)13-6-3-8-18(13)16(19)15-14(7-9-23-15)24(17,20)21/h2,4-5,7,9-10,13H,3,6,8H2,1H3,(H2,17,20,21). The number of benzene rings is 1. The van der Waals surface area contributed by atoms with Crippen molar-refractivity contribution in [2.45, 2.75) is 23.8 Å². The lowest BCUT2D eigenvalue weighted by Gasteiger charge is -2.25. The van der Waals surface area contributed by atoms with Crippen LogP contribution in [0.15, 0.2) is 40.6 Å². The molecule has 2 N–H and O–H groups in total. The highest BCUT2D eigenvalue weighted by Gasteiger charge is 2.33. The van der Waals surface area contributed by atoms with Crippen LogP contribution in [-0.4, -0.2) is 32.9 Å². The Labute approximate surface area is 144 Å². The summed E-state index contributed by atoms with van der Waals surface area (Å²) in [7, 11) is -2.32. The third kappa shape index (κ3) is 3.17. The number of methoxy groups -OCH3 is 1. The Balaban J connectivity index is 1.93. The lowest BCUT2D eigenvalue weighted by Crippen LogP contribution is -2.31. The molecule has 1 aliphatic heterocycles. The van der Waals surface area contributed by atoms with E-state index in [4.69, 9.17) is 9.88 Å². The Hall–Kier alpha value is -1.90. The van der Waals surface area contributed by atoms with Crippen molar-refractivity contribution in [3.63, 3.8) is 0 Å². The summed E-state index contributed by atoms with van der Waals surface area (Å²) in [6.45, 7) is 0.586. The second kappa shape index (κ2) is 6.54. The van der Waals surface area contributed by atoms with Crippen molar-refractivity contribution in [3.8, 4) is 5.75 Å². The minimum absolute atomic E-state index is 0.0944. The number of carbonyl (C=O) groups excluding carboxylic acids is 1. The number of primary sulfonamides is 1. The fourth-order valence-corrected chi connectivity index (χ4v) is 4.94. The predicted octanol–water partition coefficient (Wildman–Crippen LogP) is 2.38. The zero-order valence-electron chi connectivity index (χ0n) is 13.1. The second-order valence-electron chi connectivity index (χ2n) is 5.59. The van der Waals surface area contributed by atoms with Gasteiger partial charge in [0, 0.05) is 6.54 Å². The number of nitrogens with two attached hydrogens (primary N) is 1. The average Bonchev–Trinajstić information content (AvgIpc) is 3.23. The zero-order valence-corrected chi connectivity index (χ0v) is 14.8. The smallest absolute Gasteiger partial charge is 0.265 e. The third-order valence-corrected chi connectivity index (χ3v) is 6.11. The van der Waals surface area contributed by atoms with E-state index >= 15 is 0 Å². The van der Waals surface area contributed by atoms with Crippen LogP contribution in [-0.2, 0) is 10.0 Å². The monoisotopic (exact) mass is 366 g/mol. The van der Waals surface area contributed by atoms with Gasteiger partial charge >= 0.3 is 0 Å². The molecule has 0 spiro atoms. The molecule has 1 unspecified atom stereocenters. The topological polar surface area (TPSA) is 89.7 Å². The van der Waals surface area contributed by atoms with Gasteiger partial charge in [0.25, 0.3) is 5.91 Å². The highest BCUT2D eigenvalue weighted by atomic mass is 32.2. The van der Waals surface area contributed by atoms with E-state index in [1.54, 1.807) is 17.4 Å². The third-order valence-electron chi connectivity index (χ3n) is 4.12. The summed E-state index contributed by atoms with van der Waals surface area (Å²) in [4.78, 5) is 14.7. The van der Waals surface area contributed by atoms with E-state index in [1.807, 2.05) is 24.3 Å². The Bertz CT molecular complexity index is 860. The molecule has 6 nitrogen and oxygen atoms in total. The molecule has 0 bridgehead atoms. The number of amides is 1. The molecule has 1 aromatic carbocycles. The van der Waals surface area contributed by atoms with Crippen LogP contribution in [0.1, 0.15) is 34.1 Å². The molecule has 2 heterocycles. The van der Waals surface area contributed by atoms with Gasteiger partial charge in [-0.3, -0.25) is 4.79 Å². The number of sulfonamides is 1. The molecule has 1 atom stereocenters. The minimum atomic E-state index is -3.91. The van der Waals surface area contributed by atoms with Crippen molar-refractivity contribution < 1.29 is 17.9 Å². The molecule has 1 amide bonds. The van der Waals surface area contributed by atoms with Crippen molar-refractivity contribution in [1.29, 1.82) is 0 Å². The van der Waals surface area contributed by atoms with Gasteiger partial charge in [-0.2, -0.15) is 0 Å². The molecule has 0 aliphatic carbocycles. The van der Waals surface area contributed by atoms with Crippen molar-refractivity contribution in [2.24, 2.45) is 5.14 Å². The summed E-state index contributed by atoms with van der Waals surface area (Å²) in [6, 6.07) is 8.88. The molecule has 1 saturated heterocycles. The van der Waals surface area contributed by atoms with Crippen molar-refractivity contribution in [3.05, 3.63) is 46.2 Å². The van der Waals surface area contributed by atoms with Crippen LogP contribution in [0.5, 0.6) is 5.75 Å². The predicted molar refractivity (Wildman–Crippen MR) is 91.7 cm³/mol. The van der Waals surface area contributed by atoms with Crippen LogP contribution >= 0.6 is 11.3 Å². The summed E-state index contributed by atoms with van der Waals surface area (Å²) >= 11 is 1.10. The Morgan fingerprint density at radius 3 is 2.88 bits per heavy atom. The van der Waals surface area contributed by atoms with E-state index in [9.17, 15) is 13.2 Å². The maximum Gasteiger partial charge on any atom is 0.265 e. The average molecular weight is 366 g/mol. The Kier molecular flexibility index (Phi) is 4.62. The normalized spacial score (nSPS) is 17.9. The largest absolute Gasteiger partial charge is 0.497 e. The lowest BCUT2D eigenvalue weighted by molar-refractivity contribution is 0.0737. The van der Waals surface area contributed by atoms with Gasteiger partial charge in [0.1, 0.15) is 15.5 Å². The van der Waals surface area contributed by atoms with Crippen LogP contribution in [0.25, 0.3) is 0 Å². The molecule has 24 heavy (non-hydrogen) atoms. The molecule has 1 aromatic heterocycles. The van der Waals surface area contributed by atoms with Gasteiger partial charge in [0.2, 0.25) is 10.0 Å². The van der Waals surface area contributed by atoms with Crippen LogP contribution in [0.3, 0.4) is 0 Å². The quantitative estimate of drug-likeness (QED) is 0.899. The molecular formula is C16H18N2O4S2. The summed E-state index contributed by atoms with van der Waals surface area (Å²) in [6.07, 6.45) is 1.69. The number of ether oxygens (including phenoxy) is 1. The summed E-state index contributed by atoms with van der Waals surface area (Å²) in [5.41, 5.74) is 0.980.